The van der Waals surface area contributed by atoms with Crippen LogP contribution < -0.4 is 0 Å². The van der Waals surface area contributed by atoms with Gasteiger partial charge in [0.05, 0.1) is 12.9 Å². The minimum atomic E-state index is -3.32. The van der Waals surface area contributed by atoms with Crippen molar-refractivity contribution in [3.8, 4) is 0 Å². The van der Waals surface area contributed by atoms with Crippen LogP contribution in [0.25, 0.3) is 0 Å². The molecule has 8 nitrogen and oxygen atoms in total. The highest BCUT2D eigenvalue weighted by Crippen LogP contribution is 2.24. The molecule has 1 saturated heterocycles. The van der Waals surface area contributed by atoms with Gasteiger partial charge >= 0.3 is 6.09 Å². The zero-order valence-electron chi connectivity index (χ0n) is 15.9. The number of hydrogen-bond acceptors (Lipinski definition) is 5. The lowest BCUT2D eigenvalue weighted by molar-refractivity contribution is -0.133. The van der Waals surface area contributed by atoms with Gasteiger partial charge in [-0.25, -0.2) is 13.2 Å². The Bertz CT molecular complexity index is 581. The first kappa shape index (κ1) is 21.0. The molecule has 0 radical (unpaired) electrons. The van der Waals surface area contributed by atoms with Gasteiger partial charge in [0.2, 0.25) is 15.9 Å². The third-order valence-electron chi connectivity index (χ3n) is 5.11. The second-order valence-corrected chi connectivity index (χ2v) is 8.92. The molecule has 1 aliphatic heterocycles. The lowest BCUT2D eigenvalue weighted by Gasteiger charge is -2.35. The molecule has 0 aromatic carbocycles. The normalized spacial score (nSPS) is 19.7. The third kappa shape index (κ3) is 5.84. The van der Waals surface area contributed by atoms with Crippen molar-refractivity contribution in [3.05, 3.63) is 0 Å². The van der Waals surface area contributed by atoms with Crippen LogP contribution in [0.4, 0.5) is 4.79 Å². The SMILES string of the molecule is CCOC(=O)N1CCN(C(=O)CCN(C2CCCCC2)S(C)(=O)=O)CC1. The Balaban J connectivity index is 1.84. The van der Waals surface area contributed by atoms with Gasteiger partial charge in [-0.05, 0) is 19.8 Å². The Hall–Kier alpha value is -1.35. The molecule has 1 saturated carbocycles. The molecule has 2 amide bonds. The molecule has 0 aromatic heterocycles. The Morgan fingerprint density at radius 2 is 1.62 bits per heavy atom. The first-order valence-electron chi connectivity index (χ1n) is 9.49. The van der Waals surface area contributed by atoms with Crippen molar-refractivity contribution in [2.45, 2.75) is 51.5 Å². The summed E-state index contributed by atoms with van der Waals surface area (Å²) in [7, 11) is -3.32. The van der Waals surface area contributed by atoms with Crippen molar-refractivity contribution in [3.63, 3.8) is 0 Å². The maximum Gasteiger partial charge on any atom is 0.409 e. The molecule has 1 heterocycles. The van der Waals surface area contributed by atoms with Crippen molar-refractivity contribution >= 4 is 22.0 Å². The number of nitrogens with zero attached hydrogens (tertiary/aromatic N) is 3. The topological polar surface area (TPSA) is 87.2 Å². The van der Waals surface area contributed by atoms with Crippen LogP contribution >= 0.6 is 0 Å². The number of piperazine rings is 1. The Kier molecular flexibility index (Phi) is 7.69. The van der Waals surface area contributed by atoms with Gasteiger partial charge in [0, 0.05) is 45.2 Å². The number of sulfonamides is 1. The smallest absolute Gasteiger partial charge is 0.409 e. The second-order valence-electron chi connectivity index (χ2n) is 6.98. The van der Waals surface area contributed by atoms with E-state index in [0.717, 1.165) is 32.1 Å². The Labute approximate surface area is 156 Å². The maximum atomic E-state index is 12.5. The highest BCUT2D eigenvalue weighted by molar-refractivity contribution is 7.88. The average molecular weight is 390 g/mol. The number of carbonyl (C=O) groups is 2. The molecule has 0 bridgehead atoms. The zero-order valence-corrected chi connectivity index (χ0v) is 16.7. The van der Waals surface area contributed by atoms with E-state index >= 15 is 0 Å². The van der Waals surface area contributed by atoms with Crippen LogP contribution in [0.15, 0.2) is 0 Å². The molecule has 9 heteroatoms. The minimum absolute atomic E-state index is 0.0206. The van der Waals surface area contributed by atoms with Gasteiger partial charge in [0.15, 0.2) is 0 Å². The maximum absolute atomic E-state index is 12.5. The first-order chi connectivity index (χ1) is 12.3. The molecule has 0 spiro atoms. The molecule has 2 aliphatic rings. The van der Waals surface area contributed by atoms with Crippen LogP contribution in [0.5, 0.6) is 0 Å². The average Bonchev–Trinajstić information content (AvgIpc) is 2.62. The van der Waals surface area contributed by atoms with Crippen LogP contribution in [0.2, 0.25) is 0 Å². The number of carbonyl (C=O) groups excluding carboxylic acids is 2. The van der Waals surface area contributed by atoms with Gasteiger partial charge in [-0.15, -0.1) is 0 Å². The summed E-state index contributed by atoms with van der Waals surface area (Å²) in [5, 5.41) is 0. The van der Waals surface area contributed by atoms with Gasteiger partial charge in [0.25, 0.3) is 0 Å². The molecule has 2 fully saturated rings. The second kappa shape index (κ2) is 9.55. The van der Waals surface area contributed by atoms with Gasteiger partial charge in [-0.2, -0.15) is 4.31 Å². The fourth-order valence-electron chi connectivity index (χ4n) is 3.71. The van der Waals surface area contributed by atoms with Crippen LogP contribution in [0.1, 0.15) is 45.4 Å². The van der Waals surface area contributed by atoms with E-state index in [2.05, 4.69) is 0 Å². The summed E-state index contributed by atoms with van der Waals surface area (Å²) in [6.07, 6.45) is 6.05. The molecule has 0 unspecified atom stereocenters. The largest absolute Gasteiger partial charge is 0.450 e. The molecule has 0 N–H and O–H groups in total. The van der Waals surface area contributed by atoms with Crippen molar-refractivity contribution in [2.24, 2.45) is 0 Å². The fourth-order valence-corrected chi connectivity index (χ4v) is 4.88. The van der Waals surface area contributed by atoms with E-state index in [-0.39, 0.29) is 31.0 Å². The summed E-state index contributed by atoms with van der Waals surface area (Å²) >= 11 is 0. The highest BCUT2D eigenvalue weighted by atomic mass is 32.2. The van der Waals surface area contributed by atoms with E-state index < -0.39 is 10.0 Å². The van der Waals surface area contributed by atoms with Crippen LogP contribution in [0, 0.1) is 0 Å². The zero-order chi connectivity index (χ0) is 19.2. The van der Waals surface area contributed by atoms with Crippen molar-refractivity contribution in [1.82, 2.24) is 14.1 Å². The fraction of sp³-hybridized carbons (Fsp3) is 0.882. The molecule has 0 aromatic rings. The monoisotopic (exact) mass is 389 g/mol. The van der Waals surface area contributed by atoms with E-state index in [1.807, 2.05) is 0 Å². The lowest BCUT2D eigenvalue weighted by Crippen LogP contribution is -2.51. The number of amides is 2. The van der Waals surface area contributed by atoms with E-state index in [1.54, 1.807) is 16.7 Å². The standard InChI is InChI=1S/C17H31N3O5S/c1-3-25-17(22)19-13-11-18(12-14-19)16(21)9-10-20(26(2,23)24)15-7-5-4-6-8-15/h15H,3-14H2,1-2H3. The van der Waals surface area contributed by atoms with Crippen LogP contribution in [-0.2, 0) is 19.6 Å². The molecule has 0 atom stereocenters. The predicted octanol–water partition coefficient (Wildman–Crippen LogP) is 1.27. The molecule has 2 rings (SSSR count). The van der Waals surface area contributed by atoms with Gasteiger partial charge in [-0.3, -0.25) is 4.79 Å². The molecular formula is C17H31N3O5S. The minimum Gasteiger partial charge on any atom is -0.450 e. The summed E-state index contributed by atoms with van der Waals surface area (Å²) in [5.74, 6) is -0.0574. The molecule has 26 heavy (non-hydrogen) atoms. The predicted molar refractivity (Wildman–Crippen MR) is 98.2 cm³/mol. The van der Waals surface area contributed by atoms with Crippen LogP contribution in [0.3, 0.4) is 0 Å². The molecule has 1 aliphatic carbocycles. The third-order valence-corrected chi connectivity index (χ3v) is 6.45. The summed E-state index contributed by atoms with van der Waals surface area (Å²) in [4.78, 5) is 27.5. The lowest BCUT2D eigenvalue weighted by atomic mass is 9.95. The molecule has 150 valence electrons. The molecular weight excluding hydrogens is 358 g/mol. The van der Waals surface area contributed by atoms with Gasteiger partial charge < -0.3 is 14.5 Å². The number of hydrogen-bond donors (Lipinski definition) is 0. The summed E-state index contributed by atoms with van der Waals surface area (Å²) in [5.41, 5.74) is 0. The van der Waals surface area contributed by atoms with Gasteiger partial charge in [-0.1, -0.05) is 19.3 Å². The van der Waals surface area contributed by atoms with Crippen molar-refractivity contribution < 1.29 is 22.7 Å². The summed E-state index contributed by atoms with van der Waals surface area (Å²) < 4.78 is 30.8. The van der Waals surface area contributed by atoms with E-state index in [4.69, 9.17) is 4.74 Å². The summed E-state index contributed by atoms with van der Waals surface area (Å²) in [6, 6.07) is 0.0206. The van der Waals surface area contributed by atoms with Crippen molar-refractivity contribution in [2.75, 3.05) is 45.6 Å². The number of ether oxygens (including phenoxy) is 1. The summed E-state index contributed by atoms with van der Waals surface area (Å²) in [6.45, 7) is 4.14. The van der Waals surface area contributed by atoms with E-state index in [0.29, 0.717) is 32.8 Å². The number of rotatable bonds is 6. The van der Waals surface area contributed by atoms with E-state index in [1.165, 1.54) is 10.6 Å². The van der Waals surface area contributed by atoms with Crippen LogP contribution in [-0.4, -0.2) is 86.2 Å². The first-order valence-corrected chi connectivity index (χ1v) is 11.3. The quantitative estimate of drug-likeness (QED) is 0.683. The van der Waals surface area contributed by atoms with Gasteiger partial charge in [0.1, 0.15) is 0 Å². The Morgan fingerprint density at radius 3 is 2.15 bits per heavy atom. The van der Waals surface area contributed by atoms with E-state index in [9.17, 15) is 18.0 Å². The highest BCUT2D eigenvalue weighted by Gasteiger charge is 2.30. The Morgan fingerprint density at radius 1 is 1.04 bits per heavy atom. The van der Waals surface area contributed by atoms with Crippen molar-refractivity contribution in [1.29, 1.82) is 0 Å².